The minimum Gasteiger partial charge on any atom is -0.383 e. The Balaban J connectivity index is 2.52. The lowest BCUT2D eigenvalue weighted by molar-refractivity contribution is 0.0922. The van der Waals surface area contributed by atoms with E-state index in [1.807, 2.05) is 11.9 Å². The molecule has 0 radical (unpaired) electrons. The highest BCUT2D eigenvalue weighted by atomic mass is 35.5. The fourth-order valence-corrected chi connectivity index (χ4v) is 1.51. The van der Waals surface area contributed by atoms with Gasteiger partial charge < -0.3 is 4.74 Å². The van der Waals surface area contributed by atoms with Crippen LogP contribution in [0, 0.1) is 0 Å². The molecule has 0 aliphatic carbocycles. The molecule has 0 amide bonds. The van der Waals surface area contributed by atoms with Crippen LogP contribution < -0.4 is 0 Å². The van der Waals surface area contributed by atoms with Crippen LogP contribution in [0.5, 0.6) is 0 Å². The Hall–Kier alpha value is -0.900. The minimum absolute atomic E-state index is 0.0705. The molecule has 0 unspecified atom stereocenters. The minimum atomic E-state index is 0.0705. The number of hydrogen-bond acceptors (Lipinski definition) is 3. The first kappa shape index (κ1) is 13.2. The number of ether oxygens (including phenoxy) is 1. The molecule has 1 aromatic carbocycles. The summed E-state index contributed by atoms with van der Waals surface area (Å²) < 4.78 is 4.94. The fourth-order valence-electron chi connectivity index (χ4n) is 1.32. The predicted molar refractivity (Wildman–Crippen MR) is 65.2 cm³/mol. The van der Waals surface area contributed by atoms with E-state index in [9.17, 15) is 4.79 Å². The molecule has 0 aliphatic heterocycles. The van der Waals surface area contributed by atoms with Crippen LogP contribution in [0.2, 0.25) is 5.02 Å². The van der Waals surface area contributed by atoms with E-state index in [2.05, 4.69) is 0 Å². The van der Waals surface area contributed by atoms with Crippen LogP contribution in [-0.4, -0.2) is 44.5 Å². The number of hydrogen-bond donors (Lipinski definition) is 0. The standard InChI is InChI=1S/C12H16ClNO2/c1-14(6-7-16-2)9-12(15)10-4-3-5-11(13)8-10/h3-5,8H,6-7,9H2,1-2H3. The van der Waals surface area contributed by atoms with Crippen LogP contribution in [0.4, 0.5) is 0 Å². The molecule has 0 heterocycles. The molecule has 0 saturated carbocycles. The van der Waals surface area contributed by atoms with E-state index in [1.54, 1.807) is 31.4 Å². The summed E-state index contributed by atoms with van der Waals surface area (Å²) in [5.74, 6) is 0.0705. The highest BCUT2D eigenvalue weighted by molar-refractivity contribution is 6.31. The monoisotopic (exact) mass is 241 g/mol. The van der Waals surface area contributed by atoms with Gasteiger partial charge in [0.15, 0.2) is 5.78 Å². The number of likely N-dealkylation sites (N-methyl/N-ethyl adjacent to an activating group) is 1. The molecule has 0 N–H and O–H groups in total. The number of carbonyl (C=O) groups is 1. The van der Waals surface area contributed by atoms with Crippen molar-refractivity contribution in [2.24, 2.45) is 0 Å². The van der Waals surface area contributed by atoms with Crippen molar-refractivity contribution in [1.82, 2.24) is 4.90 Å². The Morgan fingerprint density at radius 3 is 2.88 bits per heavy atom. The summed E-state index contributed by atoms with van der Waals surface area (Å²) in [5, 5.41) is 0.588. The van der Waals surface area contributed by atoms with Gasteiger partial charge >= 0.3 is 0 Å². The van der Waals surface area contributed by atoms with Crippen LogP contribution in [0.15, 0.2) is 24.3 Å². The van der Waals surface area contributed by atoms with E-state index in [1.165, 1.54) is 0 Å². The number of halogens is 1. The Morgan fingerprint density at radius 1 is 1.50 bits per heavy atom. The van der Waals surface area contributed by atoms with Gasteiger partial charge in [-0.25, -0.2) is 0 Å². The first-order valence-electron chi connectivity index (χ1n) is 5.09. The second kappa shape index (κ2) is 6.63. The van der Waals surface area contributed by atoms with Crippen molar-refractivity contribution in [3.05, 3.63) is 34.9 Å². The third-order valence-electron chi connectivity index (χ3n) is 2.24. The molecule has 16 heavy (non-hydrogen) atoms. The number of Topliss-reactive ketones (excluding diaryl/α,β-unsaturated/α-hetero) is 1. The number of ketones is 1. The summed E-state index contributed by atoms with van der Waals surface area (Å²) in [4.78, 5) is 13.8. The van der Waals surface area contributed by atoms with E-state index >= 15 is 0 Å². The van der Waals surface area contributed by atoms with Crippen LogP contribution in [0.1, 0.15) is 10.4 Å². The molecular weight excluding hydrogens is 226 g/mol. The van der Waals surface area contributed by atoms with Gasteiger partial charge in [0, 0.05) is 24.2 Å². The van der Waals surface area contributed by atoms with Gasteiger partial charge in [0.1, 0.15) is 0 Å². The lowest BCUT2D eigenvalue weighted by Gasteiger charge is -2.14. The van der Waals surface area contributed by atoms with E-state index < -0.39 is 0 Å². The summed E-state index contributed by atoms with van der Waals surface area (Å²) in [7, 11) is 3.54. The number of benzene rings is 1. The van der Waals surface area contributed by atoms with Crippen LogP contribution in [-0.2, 0) is 4.74 Å². The van der Waals surface area contributed by atoms with Crippen molar-refractivity contribution < 1.29 is 9.53 Å². The maximum Gasteiger partial charge on any atom is 0.176 e. The molecular formula is C12H16ClNO2. The molecule has 0 aliphatic rings. The van der Waals surface area contributed by atoms with Crippen LogP contribution >= 0.6 is 11.6 Å². The van der Waals surface area contributed by atoms with E-state index in [-0.39, 0.29) is 5.78 Å². The van der Waals surface area contributed by atoms with Crippen molar-refractivity contribution >= 4 is 17.4 Å². The first-order chi connectivity index (χ1) is 7.63. The molecule has 0 atom stereocenters. The van der Waals surface area contributed by atoms with E-state index in [0.717, 1.165) is 6.54 Å². The summed E-state index contributed by atoms with van der Waals surface area (Å²) in [6.07, 6.45) is 0. The molecule has 0 bridgehead atoms. The Morgan fingerprint density at radius 2 is 2.25 bits per heavy atom. The second-order valence-electron chi connectivity index (χ2n) is 3.66. The quantitative estimate of drug-likeness (QED) is 0.715. The van der Waals surface area contributed by atoms with Gasteiger partial charge in [-0.05, 0) is 19.2 Å². The zero-order valence-electron chi connectivity index (χ0n) is 9.57. The van der Waals surface area contributed by atoms with Crippen LogP contribution in [0.3, 0.4) is 0 Å². The Labute approximate surface area is 101 Å². The number of methoxy groups -OCH3 is 1. The molecule has 1 rings (SSSR count). The van der Waals surface area contributed by atoms with Crippen molar-refractivity contribution in [2.45, 2.75) is 0 Å². The number of nitrogens with zero attached hydrogens (tertiary/aromatic N) is 1. The highest BCUT2D eigenvalue weighted by Crippen LogP contribution is 2.11. The zero-order valence-corrected chi connectivity index (χ0v) is 10.3. The Kier molecular flexibility index (Phi) is 5.46. The summed E-state index contributed by atoms with van der Waals surface area (Å²) in [5.41, 5.74) is 0.650. The topological polar surface area (TPSA) is 29.5 Å². The number of carbonyl (C=O) groups excluding carboxylic acids is 1. The largest absolute Gasteiger partial charge is 0.383 e. The smallest absolute Gasteiger partial charge is 0.176 e. The van der Waals surface area contributed by atoms with Gasteiger partial charge in [-0.15, -0.1) is 0 Å². The molecule has 1 aromatic rings. The molecule has 0 saturated heterocycles. The van der Waals surface area contributed by atoms with Crippen molar-refractivity contribution in [3.63, 3.8) is 0 Å². The molecule has 0 aromatic heterocycles. The van der Waals surface area contributed by atoms with Gasteiger partial charge in [-0.3, -0.25) is 9.69 Å². The summed E-state index contributed by atoms with van der Waals surface area (Å²) in [6.45, 7) is 1.74. The van der Waals surface area contributed by atoms with Crippen molar-refractivity contribution in [2.75, 3.05) is 33.9 Å². The second-order valence-corrected chi connectivity index (χ2v) is 4.10. The summed E-state index contributed by atoms with van der Waals surface area (Å²) >= 11 is 5.82. The SMILES string of the molecule is COCCN(C)CC(=O)c1cccc(Cl)c1. The van der Waals surface area contributed by atoms with Gasteiger partial charge in [-0.1, -0.05) is 23.7 Å². The maximum atomic E-state index is 11.8. The van der Waals surface area contributed by atoms with Gasteiger partial charge in [0.2, 0.25) is 0 Å². The first-order valence-corrected chi connectivity index (χ1v) is 5.47. The number of rotatable bonds is 6. The molecule has 3 nitrogen and oxygen atoms in total. The normalized spacial score (nSPS) is 10.8. The van der Waals surface area contributed by atoms with Crippen LogP contribution in [0.25, 0.3) is 0 Å². The Bertz CT molecular complexity index is 355. The average molecular weight is 242 g/mol. The van der Waals surface area contributed by atoms with Gasteiger partial charge in [0.25, 0.3) is 0 Å². The fraction of sp³-hybridized carbons (Fsp3) is 0.417. The molecule has 0 fully saturated rings. The molecule has 88 valence electrons. The van der Waals surface area contributed by atoms with Gasteiger partial charge in [-0.2, -0.15) is 0 Å². The van der Waals surface area contributed by atoms with Crippen molar-refractivity contribution in [3.8, 4) is 0 Å². The third kappa shape index (κ3) is 4.31. The zero-order chi connectivity index (χ0) is 12.0. The lowest BCUT2D eigenvalue weighted by atomic mass is 10.1. The average Bonchev–Trinajstić information content (AvgIpc) is 2.26. The van der Waals surface area contributed by atoms with Crippen molar-refractivity contribution in [1.29, 1.82) is 0 Å². The maximum absolute atomic E-state index is 11.8. The summed E-state index contributed by atoms with van der Waals surface area (Å²) in [6, 6.07) is 7.00. The molecule has 4 heteroatoms. The van der Waals surface area contributed by atoms with E-state index in [0.29, 0.717) is 23.7 Å². The lowest BCUT2D eigenvalue weighted by Crippen LogP contribution is -2.29. The van der Waals surface area contributed by atoms with E-state index in [4.69, 9.17) is 16.3 Å². The van der Waals surface area contributed by atoms with Gasteiger partial charge in [0.05, 0.1) is 13.2 Å². The predicted octanol–water partition coefficient (Wildman–Crippen LogP) is 2.10. The highest BCUT2D eigenvalue weighted by Gasteiger charge is 2.09. The third-order valence-corrected chi connectivity index (χ3v) is 2.47. The molecule has 0 spiro atoms.